The van der Waals surface area contributed by atoms with E-state index in [0.717, 1.165) is 62.6 Å². The summed E-state index contributed by atoms with van der Waals surface area (Å²) in [5.74, 6) is -6.57. The lowest BCUT2D eigenvalue weighted by atomic mass is 9.79. The van der Waals surface area contributed by atoms with Crippen LogP contribution in [0.15, 0.2) is 126 Å². The topological polar surface area (TPSA) is 350 Å². The third-order valence-electron chi connectivity index (χ3n) is 17.5. The SMILES string of the molecule is CC1(C)C(=CC=C2CCCC(C=CC3=[N+](CCCCS(=O)(=O)O)c4ccccc4C3(C)C)=C2CCC(CC(=O)[C@H](Cc2ccccc2)NC(=O)CCOCCOCCCC(=O)[C@H](CCC(=O)O)NC(=O)NCCCC(=O)O)C(=O)O)N(CCCCS(=O)(=O)O)c2ccccc21. The number of carbonyl (C=O) groups is 7. The molecule has 25 heteroatoms. The summed E-state index contributed by atoms with van der Waals surface area (Å²) in [6.45, 7) is 9.84. The number of aliphatic carboxylic acids is 3. The van der Waals surface area contributed by atoms with Crippen molar-refractivity contribution in [1.82, 2.24) is 16.0 Å². The summed E-state index contributed by atoms with van der Waals surface area (Å²) in [5, 5.41) is 36.7. The van der Waals surface area contributed by atoms with Gasteiger partial charge in [-0.15, -0.1) is 0 Å². The van der Waals surface area contributed by atoms with E-state index in [0.29, 0.717) is 38.8 Å². The number of hydrogen-bond acceptors (Lipinski definition) is 14. The summed E-state index contributed by atoms with van der Waals surface area (Å²) in [7, 11) is -8.31. The van der Waals surface area contributed by atoms with Crippen LogP contribution in [0.2, 0.25) is 0 Å². The Morgan fingerprint density at radius 3 is 1.98 bits per heavy atom. The molecule has 0 saturated heterocycles. The fraction of sp³-hybridized carbons (Fsp3) is 0.514. The van der Waals surface area contributed by atoms with E-state index in [-0.39, 0.29) is 128 Å². The third kappa shape index (κ3) is 24.2. The van der Waals surface area contributed by atoms with Gasteiger partial charge in [0.2, 0.25) is 11.6 Å². The summed E-state index contributed by atoms with van der Waals surface area (Å²) in [4.78, 5) is 91.0. The average molecular weight is 1360 g/mol. The van der Waals surface area contributed by atoms with Crippen molar-refractivity contribution in [3.05, 3.63) is 142 Å². The minimum absolute atomic E-state index is 0.0255. The summed E-state index contributed by atoms with van der Waals surface area (Å²) < 4.78 is 79.3. The number of benzene rings is 3. The maximum Gasteiger partial charge on any atom is 0.315 e. The summed E-state index contributed by atoms with van der Waals surface area (Å²) in [6.07, 6.45) is 11.6. The van der Waals surface area contributed by atoms with E-state index in [1.54, 1.807) is 12.1 Å². The summed E-state index contributed by atoms with van der Waals surface area (Å²) in [5.41, 5.74) is 8.81. The van der Waals surface area contributed by atoms with E-state index in [2.05, 4.69) is 89.6 Å². The van der Waals surface area contributed by atoms with Gasteiger partial charge in [0.1, 0.15) is 6.54 Å². The Labute approximate surface area is 557 Å². The minimum atomic E-state index is -4.15. The van der Waals surface area contributed by atoms with E-state index in [1.807, 2.05) is 54.6 Å². The van der Waals surface area contributed by atoms with E-state index in [9.17, 15) is 64.6 Å². The number of anilines is 1. The van der Waals surface area contributed by atoms with Crippen LogP contribution in [0.1, 0.15) is 154 Å². The predicted octanol–water partition coefficient (Wildman–Crippen LogP) is 9.38. The highest BCUT2D eigenvalue weighted by molar-refractivity contribution is 7.86. The van der Waals surface area contributed by atoms with Gasteiger partial charge in [-0.2, -0.15) is 21.4 Å². The molecule has 1 unspecified atom stereocenters. The second-order valence-corrected chi connectivity index (χ2v) is 28.5. The number of Topliss-reactive ketones (excluding diaryl/α,β-unsaturated/α-hetero) is 2. The lowest BCUT2D eigenvalue weighted by molar-refractivity contribution is -0.438. The molecule has 3 aromatic carbocycles. The maximum atomic E-state index is 14.5. The van der Waals surface area contributed by atoms with Crippen LogP contribution in [-0.2, 0) is 75.7 Å². The largest absolute Gasteiger partial charge is 0.481 e. The molecule has 3 aliphatic rings. The molecule has 95 heavy (non-hydrogen) atoms. The first kappa shape index (κ1) is 76.3. The fourth-order valence-corrected chi connectivity index (χ4v) is 13.7. The van der Waals surface area contributed by atoms with Gasteiger partial charge in [0.15, 0.2) is 17.3 Å². The van der Waals surface area contributed by atoms with Crippen LogP contribution in [0, 0.1) is 5.92 Å². The Kier molecular flexibility index (Phi) is 29.3. The number of amides is 3. The van der Waals surface area contributed by atoms with Gasteiger partial charge in [-0.25, -0.2) is 4.79 Å². The van der Waals surface area contributed by atoms with Crippen molar-refractivity contribution in [2.24, 2.45) is 5.92 Å². The van der Waals surface area contributed by atoms with Gasteiger partial charge in [0, 0.05) is 92.7 Å². The second kappa shape index (κ2) is 36.4. The molecule has 6 rings (SSSR count). The molecule has 3 amide bonds. The number of para-hydroxylation sites is 2. The van der Waals surface area contributed by atoms with Crippen molar-refractivity contribution in [3.63, 3.8) is 0 Å². The van der Waals surface area contributed by atoms with Crippen molar-refractivity contribution in [2.75, 3.05) is 62.5 Å². The highest BCUT2D eigenvalue weighted by Gasteiger charge is 2.44. The Hall–Kier alpha value is -7.68. The van der Waals surface area contributed by atoms with Gasteiger partial charge in [0.05, 0.1) is 54.7 Å². The maximum absolute atomic E-state index is 14.5. The van der Waals surface area contributed by atoms with Crippen molar-refractivity contribution in [2.45, 2.75) is 166 Å². The second-order valence-electron chi connectivity index (χ2n) is 25.4. The van der Waals surface area contributed by atoms with Crippen LogP contribution < -0.4 is 20.9 Å². The van der Waals surface area contributed by atoms with Crippen LogP contribution >= 0.6 is 0 Å². The highest BCUT2D eigenvalue weighted by Crippen LogP contribution is 2.48. The standard InChI is InChI=1S/C70H93N5O18S2/c1-69(2)54-23-8-10-25-58(54)74(39-12-14-45-94(86,87)88)62(69)34-30-50-21-16-22-51(31-35-63-70(3,4)55-24-9-11-26-59(55)75(63)40-13-15-46-95(89,90)91)53(50)32-29-52(67(83)84)48-61(77)57(47-49-19-6-5-7-20-49)72-64(78)37-42-93-44-43-92-41-18-27-60(76)56(33-36-66(81)82)73-68(85)71-38-17-28-65(79)80/h5-11,19-20,23-26,30-31,34-35,52,56-57H,12-18,21-22,27-29,32-33,36-48H2,1-4H3,(H7-,71,72,73,78,79,80,81,82,83,84,85,86,87,88,89,90,91)/p+1/t52?,56-,57-/m0/s1. The fourth-order valence-electron chi connectivity index (χ4n) is 12.5. The van der Waals surface area contributed by atoms with Crippen molar-refractivity contribution >= 4 is 78.7 Å². The molecule has 1 aliphatic carbocycles. The number of fused-ring (bicyclic) bond motifs is 2. The molecular formula is C70H94N5O18S2+. The molecule has 2 aliphatic heterocycles. The number of nitrogens with zero attached hydrogens (tertiary/aromatic N) is 2. The molecule has 3 aromatic rings. The number of hydrogen-bond donors (Lipinski definition) is 8. The number of rotatable bonds is 42. The summed E-state index contributed by atoms with van der Waals surface area (Å²) >= 11 is 0. The Balaban J connectivity index is 1.18. The van der Waals surface area contributed by atoms with Gasteiger partial charge in [0.25, 0.3) is 20.2 Å². The van der Waals surface area contributed by atoms with Crippen molar-refractivity contribution < 1.29 is 88.9 Å². The molecule has 0 spiro atoms. The summed E-state index contributed by atoms with van der Waals surface area (Å²) in [6, 6.07) is 22.3. The highest BCUT2D eigenvalue weighted by atomic mass is 32.2. The number of allylic oxidation sites excluding steroid dienone is 8. The first-order valence-electron chi connectivity index (χ1n) is 32.6. The lowest BCUT2D eigenvalue weighted by Gasteiger charge is -2.28. The van der Waals surface area contributed by atoms with Crippen molar-refractivity contribution in [1.29, 1.82) is 0 Å². The quantitative estimate of drug-likeness (QED) is 0.0149. The number of ether oxygens (including phenoxy) is 2. The van der Waals surface area contributed by atoms with Gasteiger partial charge < -0.3 is 45.6 Å². The molecule has 23 nitrogen and oxygen atoms in total. The smallest absolute Gasteiger partial charge is 0.315 e. The molecule has 518 valence electrons. The number of carbonyl (C=O) groups excluding carboxylic acids is 4. The normalized spacial score (nSPS) is 17.0. The van der Waals surface area contributed by atoms with Gasteiger partial charge in [-0.1, -0.05) is 92.7 Å². The third-order valence-corrected chi connectivity index (χ3v) is 19.1. The Morgan fingerprint density at radius 1 is 0.642 bits per heavy atom. The molecular weight excluding hydrogens is 1260 g/mol. The minimum Gasteiger partial charge on any atom is -0.481 e. The molecule has 3 atom stereocenters. The predicted molar refractivity (Wildman–Crippen MR) is 360 cm³/mol. The Morgan fingerprint density at radius 2 is 1.29 bits per heavy atom. The van der Waals surface area contributed by atoms with Gasteiger partial charge in [-0.3, -0.25) is 37.9 Å². The lowest BCUT2D eigenvalue weighted by Crippen LogP contribution is -2.46. The molecule has 0 bridgehead atoms. The first-order chi connectivity index (χ1) is 45.0. The van der Waals surface area contributed by atoms with Crippen LogP contribution in [0.4, 0.5) is 16.2 Å². The Bertz CT molecular complexity index is 3590. The number of unbranched alkanes of at least 4 members (excludes halogenated alkanes) is 2. The van der Waals surface area contributed by atoms with E-state index >= 15 is 0 Å². The van der Waals surface area contributed by atoms with Crippen LogP contribution in [-0.4, -0.2) is 163 Å². The molecule has 8 N–H and O–H groups in total. The monoisotopic (exact) mass is 1360 g/mol. The van der Waals surface area contributed by atoms with Crippen molar-refractivity contribution in [3.8, 4) is 0 Å². The van der Waals surface area contributed by atoms with Crippen LogP contribution in [0.25, 0.3) is 0 Å². The van der Waals surface area contributed by atoms with Gasteiger partial charge >= 0.3 is 23.9 Å². The first-order valence-corrected chi connectivity index (χ1v) is 35.9. The zero-order chi connectivity index (χ0) is 69.3. The number of nitrogens with one attached hydrogen (secondary N) is 3. The molecule has 0 fully saturated rings. The number of carboxylic acid groups (broad SMARTS) is 3. The molecule has 2 heterocycles. The van der Waals surface area contributed by atoms with E-state index in [4.69, 9.17) is 19.7 Å². The molecule has 0 saturated carbocycles. The number of carboxylic acids is 3. The molecule has 0 radical (unpaired) electrons. The van der Waals surface area contributed by atoms with Gasteiger partial charge in [-0.05, 0) is 131 Å². The van der Waals surface area contributed by atoms with E-state index in [1.165, 1.54) is 0 Å². The zero-order valence-corrected chi connectivity index (χ0v) is 56.5. The zero-order valence-electron chi connectivity index (χ0n) is 54.9. The average Bonchev–Trinajstić information content (AvgIpc) is 1.61. The number of ketones is 2. The van der Waals surface area contributed by atoms with E-state index < -0.39 is 90.5 Å². The molecule has 0 aromatic heterocycles. The van der Waals surface area contributed by atoms with Crippen LogP contribution in [0.3, 0.4) is 0 Å². The number of urea groups is 1. The van der Waals surface area contributed by atoms with Crippen LogP contribution in [0.5, 0.6) is 0 Å².